The molecular formula is C15H19ClO5. The van der Waals surface area contributed by atoms with Crippen molar-refractivity contribution in [2.24, 2.45) is 0 Å². The van der Waals surface area contributed by atoms with Crippen LogP contribution in [0.4, 0.5) is 0 Å². The van der Waals surface area contributed by atoms with E-state index in [1.54, 1.807) is 6.07 Å². The minimum Gasteiger partial charge on any atom is -0.493 e. The molecule has 1 saturated carbocycles. The normalized spacial score (nSPS) is 16.6. The van der Waals surface area contributed by atoms with Crippen LogP contribution in [-0.2, 0) is 9.53 Å². The molecule has 1 aromatic rings. The van der Waals surface area contributed by atoms with Gasteiger partial charge in [0.1, 0.15) is 0 Å². The fourth-order valence-electron chi connectivity index (χ4n) is 2.44. The summed E-state index contributed by atoms with van der Waals surface area (Å²) in [5.74, 6) is 0.183. The van der Waals surface area contributed by atoms with Crippen LogP contribution in [0.25, 0.3) is 0 Å². The van der Waals surface area contributed by atoms with Crippen molar-refractivity contribution in [2.75, 3.05) is 14.2 Å². The third kappa shape index (κ3) is 3.60. The average molecular weight is 315 g/mol. The van der Waals surface area contributed by atoms with Crippen molar-refractivity contribution in [1.82, 2.24) is 0 Å². The van der Waals surface area contributed by atoms with Gasteiger partial charge in [-0.25, -0.2) is 4.79 Å². The third-order valence-electron chi connectivity index (χ3n) is 3.60. The summed E-state index contributed by atoms with van der Waals surface area (Å²) in [5, 5.41) is 10.1. The number of hydrogen-bond acceptors (Lipinski definition) is 5. The van der Waals surface area contributed by atoms with E-state index in [1.165, 1.54) is 20.3 Å². The van der Waals surface area contributed by atoms with Crippen molar-refractivity contribution in [3.05, 3.63) is 22.7 Å². The van der Waals surface area contributed by atoms with Crippen LogP contribution >= 0.6 is 11.6 Å². The maximum absolute atomic E-state index is 11.4. The highest BCUT2D eigenvalue weighted by atomic mass is 35.5. The van der Waals surface area contributed by atoms with Gasteiger partial charge >= 0.3 is 5.97 Å². The molecule has 1 N–H and O–H groups in total. The number of methoxy groups -OCH3 is 2. The molecule has 1 atom stereocenters. The maximum atomic E-state index is 11.4. The SMILES string of the molecule is COC(=O)C(O)c1cc(OC)c(OC2CCCC2)cc1Cl. The maximum Gasteiger partial charge on any atom is 0.339 e. The Balaban J connectivity index is 2.27. The van der Waals surface area contributed by atoms with Crippen LogP contribution in [-0.4, -0.2) is 31.4 Å². The number of hydrogen-bond donors (Lipinski definition) is 1. The summed E-state index contributed by atoms with van der Waals surface area (Å²) < 4.78 is 15.7. The van der Waals surface area contributed by atoms with Gasteiger partial charge in [0, 0.05) is 11.6 Å². The van der Waals surface area contributed by atoms with E-state index in [0.29, 0.717) is 11.5 Å². The van der Waals surface area contributed by atoms with Crippen molar-refractivity contribution in [3.63, 3.8) is 0 Å². The Bertz CT molecular complexity index is 511. The molecule has 0 radical (unpaired) electrons. The highest BCUT2D eigenvalue weighted by Crippen LogP contribution is 2.38. The highest BCUT2D eigenvalue weighted by molar-refractivity contribution is 6.31. The molecule has 1 aliphatic carbocycles. The molecule has 0 bridgehead atoms. The Labute approximate surface area is 128 Å². The van der Waals surface area contributed by atoms with Crippen LogP contribution in [0.2, 0.25) is 5.02 Å². The molecule has 0 heterocycles. The Hall–Kier alpha value is -1.46. The van der Waals surface area contributed by atoms with Gasteiger partial charge in [0.05, 0.1) is 25.3 Å². The molecule has 0 saturated heterocycles. The molecule has 1 aromatic carbocycles. The molecular weight excluding hydrogens is 296 g/mol. The Kier molecular flexibility index (Phi) is 5.31. The van der Waals surface area contributed by atoms with Crippen molar-refractivity contribution < 1.29 is 24.1 Å². The molecule has 1 fully saturated rings. The van der Waals surface area contributed by atoms with Crippen LogP contribution in [0.1, 0.15) is 37.4 Å². The largest absolute Gasteiger partial charge is 0.493 e. The number of aliphatic hydroxyl groups excluding tert-OH is 1. The number of benzene rings is 1. The first-order chi connectivity index (χ1) is 10.1. The van der Waals surface area contributed by atoms with Gasteiger partial charge in [-0.05, 0) is 31.7 Å². The van der Waals surface area contributed by atoms with Crippen LogP contribution in [0.3, 0.4) is 0 Å². The first kappa shape index (κ1) is 15.9. The fraction of sp³-hybridized carbons (Fsp3) is 0.533. The van der Waals surface area contributed by atoms with Gasteiger partial charge in [0.15, 0.2) is 17.6 Å². The number of carbonyl (C=O) groups excluding carboxylic acids is 1. The number of esters is 1. The van der Waals surface area contributed by atoms with E-state index < -0.39 is 12.1 Å². The third-order valence-corrected chi connectivity index (χ3v) is 3.93. The summed E-state index contributed by atoms with van der Waals surface area (Å²) in [5.41, 5.74) is 0.235. The molecule has 0 aliphatic heterocycles. The molecule has 2 rings (SSSR count). The van der Waals surface area contributed by atoms with Crippen molar-refractivity contribution in [1.29, 1.82) is 0 Å². The van der Waals surface area contributed by atoms with Crippen LogP contribution in [0.15, 0.2) is 12.1 Å². The van der Waals surface area contributed by atoms with Crippen molar-refractivity contribution >= 4 is 17.6 Å². The number of aliphatic hydroxyl groups is 1. The molecule has 5 nitrogen and oxygen atoms in total. The molecule has 1 aliphatic rings. The van der Waals surface area contributed by atoms with E-state index in [1.807, 2.05) is 0 Å². The first-order valence-corrected chi connectivity index (χ1v) is 7.24. The van der Waals surface area contributed by atoms with E-state index in [-0.39, 0.29) is 16.7 Å². The van der Waals surface area contributed by atoms with Crippen molar-refractivity contribution in [2.45, 2.75) is 37.9 Å². The lowest BCUT2D eigenvalue weighted by Gasteiger charge is -2.18. The van der Waals surface area contributed by atoms with Gasteiger partial charge in [-0.2, -0.15) is 0 Å². The second-order valence-corrected chi connectivity index (χ2v) is 5.38. The minimum atomic E-state index is -1.45. The Morgan fingerprint density at radius 2 is 1.95 bits per heavy atom. The summed E-state index contributed by atoms with van der Waals surface area (Å²) in [7, 11) is 2.70. The molecule has 6 heteroatoms. The average Bonchev–Trinajstić information content (AvgIpc) is 2.99. The fourth-order valence-corrected chi connectivity index (χ4v) is 2.69. The van der Waals surface area contributed by atoms with Crippen LogP contribution in [0.5, 0.6) is 11.5 Å². The molecule has 1 unspecified atom stereocenters. The standard InChI is InChI=1S/C15H19ClO5/c1-19-12-7-10(14(17)15(18)20-2)11(16)8-13(12)21-9-5-3-4-6-9/h7-9,14,17H,3-6H2,1-2H3. The van der Waals surface area contributed by atoms with E-state index in [0.717, 1.165) is 25.7 Å². The van der Waals surface area contributed by atoms with E-state index in [9.17, 15) is 9.90 Å². The smallest absolute Gasteiger partial charge is 0.339 e. The van der Waals surface area contributed by atoms with E-state index in [2.05, 4.69) is 4.74 Å². The zero-order valence-electron chi connectivity index (χ0n) is 12.1. The van der Waals surface area contributed by atoms with Gasteiger partial charge in [-0.1, -0.05) is 11.6 Å². The quantitative estimate of drug-likeness (QED) is 0.847. The minimum absolute atomic E-state index is 0.159. The first-order valence-electron chi connectivity index (χ1n) is 6.86. The van der Waals surface area contributed by atoms with Gasteiger partial charge in [-0.3, -0.25) is 0 Å². The van der Waals surface area contributed by atoms with Gasteiger partial charge < -0.3 is 19.3 Å². The van der Waals surface area contributed by atoms with Crippen molar-refractivity contribution in [3.8, 4) is 11.5 Å². The topological polar surface area (TPSA) is 65.0 Å². The second kappa shape index (κ2) is 7.00. The summed E-state index contributed by atoms with van der Waals surface area (Å²) in [4.78, 5) is 11.4. The van der Waals surface area contributed by atoms with Gasteiger partial charge in [0.25, 0.3) is 0 Å². The highest BCUT2D eigenvalue weighted by Gasteiger charge is 2.25. The second-order valence-electron chi connectivity index (χ2n) is 4.97. The molecule has 0 spiro atoms. The summed E-state index contributed by atoms with van der Waals surface area (Å²) in [6.07, 6.45) is 3.03. The van der Waals surface area contributed by atoms with Crippen LogP contribution < -0.4 is 9.47 Å². The van der Waals surface area contributed by atoms with Gasteiger partial charge in [0.2, 0.25) is 0 Å². The number of ether oxygens (including phenoxy) is 3. The summed E-state index contributed by atoms with van der Waals surface area (Å²) in [6.45, 7) is 0. The van der Waals surface area contributed by atoms with Crippen LogP contribution in [0, 0.1) is 0 Å². The number of rotatable bonds is 5. The number of halogens is 1. The molecule has 116 valence electrons. The van der Waals surface area contributed by atoms with Gasteiger partial charge in [-0.15, -0.1) is 0 Å². The molecule has 0 aromatic heterocycles. The summed E-state index contributed by atoms with van der Waals surface area (Å²) in [6, 6.07) is 3.08. The predicted molar refractivity (Wildman–Crippen MR) is 77.9 cm³/mol. The number of carbonyl (C=O) groups is 1. The zero-order valence-corrected chi connectivity index (χ0v) is 12.9. The lowest BCUT2D eigenvalue weighted by molar-refractivity contribution is -0.150. The van der Waals surface area contributed by atoms with E-state index >= 15 is 0 Å². The monoisotopic (exact) mass is 314 g/mol. The predicted octanol–water partition coefficient (Wildman–Crippen LogP) is 2.88. The Morgan fingerprint density at radius 3 is 2.52 bits per heavy atom. The summed E-state index contributed by atoms with van der Waals surface area (Å²) >= 11 is 6.14. The molecule has 21 heavy (non-hydrogen) atoms. The molecule has 0 amide bonds. The zero-order chi connectivity index (χ0) is 15.4. The van der Waals surface area contributed by atoms with E-state index in [4.69, 9.17) is 21.1 Å². The lowest BCUT2D eigenvalue weighted by atomic mass is 10.1. The lowest BCUT2D eigenvalue weighted by Crippen LogP contribution is -2.15. The Morgan fingerprint density at radius 1 is 1.29 bits per heavy atom.